The molecule has 4 bridgehead atoms. The first-order chi connectivity index (χ1) is 8.71. The van der Waals surface area contributed by atoms with Gasteiger partial charge in [-0.2, -0.15) is 0 Å². The van der Waals surface area contributed by atoms with Crippen LogP contribution in [0, 0.1) is 23.2 Å². The van der Waals surface area contributed by atoms with Gasteiger partial charge >= 0.3 is 0 Å². The first-order valence-electron chi connectivity index (χ1n) is 7.41. The second-order valence-corrected chi connectivity index (χ2v) is 7.98. The minimum Gasteiger partial charge on any atom is -0.375 e. The molecule has 0 atom stereocenters. The number of aryl methyl sites for hydroxylation is 1. The van der Waals surface area contributed by atoms with E-state index in [9.17, 15) is 0 Å². The van der Waals surface area contributed by atoms with E-state index in [0.29, 0.717) is 5.41 Å². The molecule has 1 aromatic heterocycles. The van der Waals surface area contributed by atoms with E-state index in [2.05, 4.69) is 10.4 Å². The molecule has 2 N–H and O–H groups in total. The molecule has 4 saturated carbocycles. The lowest BCUT2D eigenvalue weighted by atomic mass is 9.48. The van der Waals surface area contributed by atoms with Crippen LogP contribution in [0.5, 0.6) is 0 Å². The molecule has 0 aromatic carbocycles. The first kappa shape index (κ1) is 11.3. The summed E-state index contributed by atoms with van der Waals surface area (Å²) in [5.74, 6) is 3.20. The number of rotatable bonds is 3. The van der Waals surface area contributed by atoms with Gasteiger partial charge in [-0.05, 0) is 74.5 Å². The van der Waals surface area contributed by atoms with Crippen molar-refractivity contribution in [3.63, 3.8) is 0 Å². The van der Waals surface area contributed by atoms with E-state index in [0.717, 1.165) is 29.3 Å². The van der Waals surface area contributed by atoms with E-state index >= 15 is 0 Å². The molecule has 3 heteroatoms. The summed E-state index contributed by atoms with van der Waals surface area (Å²) < 4.78 is 0. The lowest BCUT2D eigenvalue weighted by molar-refractivity contribution is -0.0570. The zero-order chi connectivity index (χ0) is 12.2. The van der Waals surface area contributed by atoms with Gasteiger partial charge in [0.25, 0.3) is 0 Å². The number of nitrogens with zero attached hydrogens (tertiary/aromatic N) is 1. The van der Waals surface area contributed by atoms with Crippen LogP contribution in [0.1, 0.15) is 50.6 Å². The fraction of sp³-hybridized carbons (Fsp3) is 0.800. The van der Waals surface area contributed by atoms with E-state index in [1.807, 2.05) is 0 Å². The fourth-order valence-electron chi connectivity index (χ4n) is 5.43. The van der Waals surface area contributed by atoms with Gasteiger partial charge in [-0.15, -0.1) is 11.3 Å². The van der Waals surface area contributed by atoms with E-state index in [1.165, 1.54) is 31.4 Å². The average molecular weight is 262 g/mol. The van der Waals surface area contributed by atoms with Crippen LogP contribution in [0.4, 0.5) is 5.13 Å². The number of nitrogen functional groups attached to an aromatic ring is 1. The van der Waals surface area contributed by atoms with Crippen molar-refractivity contribution in [2.24, 2.45) is 23.2 Å². The van der Waals surface area contributed by atoms with Gasteiger partial charge in [0.2, 0.25) is 0 Å². The number of nitrogens with two attached hydrogens (primary N) is 1. The Kier molecular flexibility index (Phi) is 2.48. The molecular formula is C15H22N2S. The maximum Gasteiger partial charge on any atom is 0.180 e. The molecule has 0 saturated heterocycles. The van der Waals surface area contributed by atoms with E-state index < -0.39 is 0 Å². The molecule has 4 aliphatic rings. The summed E-state index contributed by atoms with van der Waals surface area (Å²) in [4.78, 5) is 4.42. The summed E-state index contributed by atoms with van der Waals surface area (Å²) >= 11 is 1.59. The van der Waals surface area contributed by atoms with E-state index in [4.69, 9.17) is 5.73 Å². The minimum absolute atomic E-state index is 0.688. The summed E-state index contributed by atoms with van der Waals surface area (Å²) in [6, 6.07) is 0. The Morgan fingerprint density at radius 1 is 1.17 bits per heavy atom. The van der Waals surface area contributed by atoms with Crippen LogP contribution in [-0.2, 0) is 6.42 Å². The van der Waals surface area contributed by atoms with Crippen molar-refractivity contribution in [3.8, 4) is 0 Å². The molecule has 0 amide bonds. The van der Waals surface area contributed by atoms with Gasteiger partial charge in [0.15, 0.2) is 5.13 Å². The van der Waals surface area contributed by atoms with E-state index in [-0.39, 0.29) is 0 Å². The Labute approximate surface area is 113 Å². The van der Waals surface area contributed by atoms with E-state index in [1.54, 1.807) is 30.6 Å². The summed E-state index contributed by atoms with van der Waals surface area (Å²) in [6.07, 6.45) is 11.7. The summed E-state index contributed by atoms with van der Waals surface area (Å²) in [5, 5.41) is 2.88. The molecule has 5 rings (SSSR count). The lowest BCUT2D eigenvalue weighted by Gasteiger charge is -2.57. The number of hydrogen-bond donors (Lipinski definition) is 1. The lowest BCUT2D eigenvalue weighted by Crippen LogP contribution is -2.46. The molecule has 1 aromatic rings. The molecule has 98 valence electrons. The third-order valence-electron chi connectivity index (χ3n) is 5.65. The van der Waals surface area contributed by atoms with Crippen LogP contribution >= 0.6 is 11.3 Å². The third-order valence-corrected chi connectivity index (χ3v) is 6.37. The number of hydrogen-bond acceptors (Lipinski definition) is 3. The first-order valence-corrected chi connectivity index (χ1v) is 8.29. The quantitative estimate of drug-likeness (QED) is 0.898. The zero-order valence-corrected chi connectivity index (χ0v) is 11.7. The maximum atomic E-state index is 5.72. The smallest absolute Gasteiger partial charge is 0.180 e. The van der Waals surface area contributed by atoms with Crippen LogP contribution in [0.2, 0.25) is 0 Å². The highest BCUT2D eigenvalue weighted by molar-refractivity contribution is 7.13. The highest BCUT2D eigenvalue weighted by Gasteiger charge is 2.50. The largest absolute Gasteiger partial charge is 0.375 e. The monoisotopic (exact) mass is 262 g/mol. The van der Waals surface area contributed by atoms with Gasteiger partial charge < -0.3 is 5.73 Å². The SMILES string of the molecule is Nc1nc(CCC23CC4CC(CC(C4)C2)C3)cs1. The number of anilines is 1. The molecule has 4 aliphatic carbocycles. The second kappa shape index (κ2) is 3.96. The molecule has 18 heavy (non-hydrogen) atoms. The van der Waals surface area contributed by atoms with Crippen molar-refractivity contribution in [2.75, 3.05) is 5.73 Å². The highest BCUT2D eigenvalue weighted by atomic mass is 32.1. The second-order valence-electron chi connectivity index (χ2n) is 7.09. The molecule has 2 nitrogen and oxygen atoms in total. The van der Waals surface area contributed by atoms with Crippen molar-refractivity contribution < 1.29 is 0 Å². The standard InChI is InChI=1S/C15H22N2S/c16-14-17-13(9-18-14)1-2-15-6-10-3-11(7-15)5-12(4-10)8-15/h9-12H,1-8H2,(H2,16,17). The van der Waals surface area contributed by atoms with Crippen molar-refractivity contribution >= 4 is 16.5 Å². The third kappa shape index (κ3) is 1.87. The molecule has 4 fully saturated rings. The molecular weight excluding hydrogens is 240 g/mol. The van der Waals surface area contributed by atoms with Crippen molar-refractivity contribution in [2.45, 2.75) is 51.4 Å². The molecule has 1 heterocycles. The minimum atomic E-state index is 0.688. The Balaban J connectivity index is 1.47. The zero-order valence-electron chi connectivity index (χ0n) is 10.9. The van der Waals surface area contributed by atoms with Crippen molar-refractivity contribution in [1.29, 1.82) is 0 Å². The van der Waals surface area contributed by atoms with Gasteiger partial charge in [0.05, 0.1) is 5.69 Å². The average Bonchev–Trinajstić information content (AvgIpc) is 2.71. The van der Waals surface area contributed by atoms with Gasteiger partial charge in [-0.3, -0.25) is 0 Å². The maximum absolute atomic E-state index is 5.72. The topological polar surface area (TPSA) is 38.9 Å². The van der Waals surface area contributed by atoms with Crippen LogP contribution < -0.4 is 5.73 Å². The molecule has 0 unspecified atom stereocenters. The van der Waals surface area contributed by atoms with Gasteiger partial charge in [0.1, 0.15) is 0 Å². The Hall–Kier alpha value is -0.570. The molecule has 0 radical (unpaired) electrons. The van der Waals surface area contributed by atoms with Crippen molar-refractivity contribution in [1.82, 2.24) is 4.98 Å². The number of thiazole rings is 1. The predicted molar refractivity (Wildman–Crippen MR) is 75.5 cm³/mol. The summed E-state index contributed by atoms with van der Waals surface area (Å²) in [6.45, 7) is 0. The summed E-state index contributed by atoms with van der Waals surface area (Å²) in [7, 11) is 0. The van der Waals surface area contributed by atoms with Gasteiger partial charge in [-0.1, -0.05) is 0 Å². The Morgan fingerprint density at radius 3 is 2.28 bits per heavy atom. The number of aromatic nitrogens is 1. The van der Waals surface area contributed by atoms with Crippen LogP contribution in [0.3, 0.4) is 0 Å². The molecule has 0 aliphatic heterocycles. The normalized spacial score (nSPS) is 41.4. The van der Waals surface area contributed by atoms with Crippen molar-refractivity contribution in [3.05, 3.63) is 11.1 Å². The fourth-order valence-corrected chi connectivity index (χ4v) is 6.02. The highest BCUT2D eigenvalue weighted by Crippen LogP contribution is 2.61. The Morgan fingerprint density at radius 2 is 1.78 bits per heavy atom. The van der Waals surface area contributed by atoms with Crippen LogP contribution in [0.15, 0.2) is 5.38 Å². The predicted octanol–water partition coefficient (Wildman–Crippen LogP) is 3.87. The van der Waals surface area contributed by atoms with Gasteiger partial charge in [-0.25, -0.2) is 4.98 Å². The van der Waals surface area contributed by atoms with Gasteiger partial charge in [0, 0.05) is 5.38 Å². The molecule has 0 spiro atoms. The van der Waals surface area contributed by atoms with Crippen LogP contribution in [-0.4, -0.2) is 4.98 Å². The summed E-state index contributed by atoms with van der Waals surface area (Å²) in [5.41, 5.74) is 7.64. The van der Waals surface area contributed by atoms with Crippen LogP contribution in [0.25, 0.3) is 0 Å². The Bertz CT molecular complexity index is 416.